The minimum absolute atomic E-state index is 0.103. The Morgan fingerprint density at radius 2 is 1.90 bits per heavy atom. The van der Waals surface area contributed by atoms with E-state index in [-0.39, 0.29) is 9.83 Å². The molecule has 1 aliphatic carbocycles. The Labute approximate surface area is 179 Å². The standard InChI is InChI=1S/C20H21F3N4O3S/c21-20(22,23)13-10-14-17(15(11-13)27(29)30)31-19(25-18(14)28)26-8-7-24-16(26)9-12-5-3-1-2-4-6-12/h10-12H,1-9H2. The molecule has 166 valence electrons. The summed E-state index contributed by atoms with van der Waals surface area (Å²) in [5.74, 6) is 1.28. The number of hydrogen-bond acceptors (Lipinski definition) is 7. The molecule has 2 aliphatic rings. The first-order chi connectivity index (χ1) is 14.7. The van der Waals surface area contributed by atoms with Crippen LogP contribution in [0.5, 0.6) is 0 Å². The molecule has 0 amide bonds. The fraction of sp³-hybridized carbons (Fsp3) is 0.550. The molecule has 0 N–H and O–H groups in total. The van der Waals surface area contributed by atoms with Gasteiger partial charge in [-0.15, -0.1) is 0 Å². The molecule has 11 heteroatoms. The van der Waals surface area contributed by atoms with Crippen LogP contribution in [0.2, 0.25) is 0 Å². The molecule has 0 atom stereocenters. The molecule has 2 heterocycles. The molecule has 1 fully saturated rings. The number of benzene rings is 1. The van der Waals surface area contributed by atoms with Gasteiger partial charge in [-0.25, -0.2) is 0 Å². The topological polar surface area (TPSA) is 88.7 Å². The van der Waals surface area contributed by atoms with Crippen LogP contribution in [-0.4, -0.2) is 28.8 Å². The highest BCUT2D eigenvalue weighted by Gasteiger charge is 2.35. The number of nitro groups is 1. The predicted octanol–water partition coefficient (Wildman–Crippen LogP) is 5.16. The zero-order valence-corrected chi connectivity index (χ0v) is 17.5. The van der Waals surface area contributed by atoms with Gasteiger partial charge in [-0.1, -0.05) is 49.9 Å². The number of halogens is 3. The SMILES string of the molecule is O=c1nc(N2CCN=C2CC2CCCCCC2)sc2c([N+](=O)[O-])cc(C(F)(F)F)cc12. The van der Waals surface area contributed by atoms with E-state index < -0.39 is 33.3 Å². The van der Waals surface area contributed by atoms with E-state index in [1.54, 1.807) is 4.90 Å². The zero-order valence-electron chi connectivity index (χ0n) is 16.7. The number of fused-ring (bicyclic) bond motifs is 1. The first kappa shape index (κ1) is 21.7. The van der Waals surface area contributed by atoms with Crippen molar-refractivity contribution in [1.29, 1.82) is 0 Å². The molecule has 1 saturated carbocycles. The van der Waals surface area contributed by atoms with Gasteiger partial charge in [0.2, 0.25) is 0 Å². The number of aliphatic imine (C=N–C) groups is 1. The second-order valence-corrected chi connectivity index (χ2v) is 8.92. The molecular weight excluding hydrogens is 433 g/mol. The van der Waals surface area contributed by atoms with Crippen molar-refractivity contribution in [3.05, 3.63) is 38.2 Å². The van der Waals surface area contributed by atoms with Gasteiger partial charge in [0, 0.05) is 19.0 Å². The van der Waals surface area contributed by atoms with Crippen LogP contribution in [0.3, 0.4) is 0 Å². The first-order valence-electron chi connectivity index (χ1n) is 10.3. The number of anilines is 1. The van der Waals surface area contributed by atoms with Gasteiger partial charge in [0.15, 0.2) is 5.13 Å². The van der Waals surface area contributed by atoms with Crippen LogP contribution in [0.1, 0.15) is 50.5 Å². The lowest BCUT2D eigenvalue weighted by atomic mass is 9.96. The Balaban J connectivity index is 1.73. The molecule has 0 saturated heterocycles. The fourth-order valence-electron chi connectivity index (χ4n) is 4.26. The maximum atomic E-state index is 13.2. The van der Waals surface area contributed by atoms with Gasteiger partial charge in [0.25, 0.3) is 11.2 Å². The lowest BCUT2D eigenvalue weighted by molar-refractivity contribution is -0.383. The largest absolute Gasteiger partial charge is 0.416 e. The van der Waals surface area contributed by atoms with E-state index in [1.165, 1.54) is 25.7 Å². The maximum Gasteiger partial charge on any atom is 0.416 e. The normalized spacial score (nSPS) is 18.3. The van der Waals surface area contributed by atoms with Crippen LogP contribution < -0.4 is 10.5 Å². The monoisotopic (exact) mass is 454 g/mol. The molecule has 1 aromatic carbocycles. The van der Waals surface area contributed by atoms with Crippen molar-refractivity contribution in [2.75, 3.05) is 18.0 Å². The van der Waals surface area contributed by atoms with Crippen molar-refractivity contribution in [2.24, 2.45) is 10.9 Å². The lowest BCUT2D eigenvalue weighted by Gasteiger charge is -2.22. The number of amidine groups is 1. The molecule has 1 aromatic heterocycles. The Bertz CT molecular complexity index is 1090. The number of nitro benzene ring substituents is 1. The van der Waals surface area contributed by atoms with Crippen LogP contribution in [-0.2, 0) is 6.18 Å². The smallest absolute Gasteiger partial charge is 0.304 e. The van der Waals surface area contributed by atoms with Gasteiger partial charge in [0.1, 0.15) is 10.5 Å². The van der Waals surface area contributed by atoms with E-state index in [4.69, 9.17) is 0 Å². The van der Waals surface area contributed by atoms with E-state index >= 15 is 0 Å². The number of alkyl halides is 3. The van der Waals surface area contributed by atoms with Gasteiger partial charge in [-0.05, 0) is 12.0 Å². The predicted molar refractivity (Wildman–Crippen MR) is 113 cm³/mol. The summed E-state index contributed by atoms with van der Waals surface area (Å²) in [6.45, 7) is 1.02. The van der Waals surface area contributed by atoms with Crippen LogP contribution in [0.15, 0.2) is 21.9 Å². The van der Waals surface area contributed by atoms with Crippen LogP contribution in [0.4, 0.5) is 24.0 Å². The second-order valence-electron chi connectivity index (χ2n) is 7.94. The van der Waals surface area contributed by atoms with Gasteiger partial charge < -0.3 is 4.90 Å². The highest BCUT2D eigenvalue weighted by molar-refractivity contribution is 7.22. The molecule has 2 aromatic rings. The van der Waals surface area contributed by atoms with Crippen molar-refractivity contribution >= 4 is 38.1 Å². The van der Waals surface area contributed by atoms with Gasteiger partial charge in [-0.2, -0.15) is 18.2 Å². The number of hydrogen-bond donors (Lipinski definition) is 0. The van der Waals surface area contributed by atoms with Gasteiger partial charge in [0.05, 0.1) is 22.4 Å². The number of rotatable bonds is 4. The summed E-state index contributed by atoms with van der Waals surface area (Å²) >= 11 is 0.867. The Hall–Kier alpha value is -2.56. The minimum Gasteiger partial charge on any atom is -0.304 e. The summed E-state index contributed by atoms with van der Waals surface area (Å²) < 4.78 is 39.4. The third-order valence-electron chi connectivity index (χ3n) is 5.82. The Morgan fingerprint density at radius 1 is 1.19 bits per heavy atom. The Kier molecular flexibility index (Phi) is 5.96. The van der Waals surface area contributed by atoms with E-state index in [0.717, 1.165) is 36.4 Å². The molecular formula is C20H21F3N4O3S. The Morgan fingerprint density at radius 3 is 2.55 bits per heavy atom. The molecule has 0 radical (unpaired) electrons. The lowest BCUT2D eigenvalue weighted by Crippen LogP contribution is -2.30. The van der Waals surface area contributed by atoms with Crippen molar-refractivity contribution in [3.63, 3.8) is 0 Å². The minimum atomic E-state index is -4.80. The number of non-ortho nitro benzene ring substituents is 1. The van der Waals surface area contributed by atoms with E-state index in [9.17, 15) is 28.1 Å². The molecule has 0 unspecified atom stereocenters. The quantitative estimate of drug-likeness (QED) is 0.362. The summed E-state index contributed by atoms with van der Waals surface area (Å²) in [6.07, 6.45) is 2.96. The average molecular weight is 454 g/mol. The molecule has 7 nitrogen and oxygen atoms in total. The van der Waals surface area contributed by atoms with E-state index in [2.05, 4.69) is 9.98 Å². The summed E-state index contributed by atoms with van der Waals surface area (Å²) in [6, 6.07) is 1.12. The van der Waals surface area contributed by atoms with Crippen molar-refractivity contribution in [2.45, 2.75) is 51.1 Å². The van der Waals surface area contributed by atoms with Crippen molar-refractivity contribution in [3.8, 4) is 0 Å². The molecule has 4 rings (SSSR count). The average Bonchev–Trinajstić information content (AvgIpc) is 3.01. The van der Waals surface area contributed by atoms with Crippen molar-refractivity contribution in [1.82, 2.24) is 4.98 Å². The van der Waals surface area contributed by atoms with Crippen molar-refractivity contribution < 1.29 is 18.1 Å². The summed E-state index contributed by atoms with van der Waals surface area (Å²) in [5, 5.41) is 11.3. The second kappa shape index (κ2) is 8.52. The van der Waals surface area contributed by atoms with E-state index in [1.807, 2.05) is 0 Å². The van der Waals surface area contributed by atoms with E-state index in [0.29, 0.717) is 31.1 Å². The zero-order chi connectivity index (χ0) is 22.2. The third kappa shape index (κ3) is 4.56. The third-order valence-corrected chi connectivity index (χ3v) is 6.95. The van der Waals surface area contributed by atoms with Gasteiger partial charge in [-0.3, -0.25) is 19.9 Å². The maximum absolute atomic E-state index is 13.2. The summed E-state index contributed by atoms with van der Waals surface area (Å²) in [7, 11) is 0. The molecule has 1 aliphatic heterocycles. The highest BCUT2D eigenvalue weighted by atomic mass is 32.1. The van der Waals surface area contributed by atoms with Gasteiger partial charge >= 0.3 is 6.18 Å². The van der Waals surface area contributed by atoms with Crippen LogP contribution in [0.25, 0.3) is 10.1 Å². The highest BCUT2D eigenvalue weighted by Crippen LogP contribution is 2.39. The first-order valence-corrected chi connectivity index (χ1v) is 11.1. The summed E-state index contributed by atoms with van der Waals surface area (Å²) in [4.78, 5) is 33.5. The molecule has 31 heavy (non-hydrogen) atoms. The van der Waals surface area contributed by atoms with Crippen LogP contribution >= 0.6 is 11.3 Å². The number of aromatic nitrogens is 1. The fourth-order valence-corrected chi connectivity index (χ4v) is 5.37. The number of nitrogens with zero attached hydrogens (tertiary/aromatic N) is 4. The molecule has 0 bridgehead atoms. The molecule has 0 spiro atoms. The summed E-state index contributed by atoms with van der Waals surface area (Å²) in [5.41, 5.74) is -2.88. The van der Waals surface area contributed by atoms with Crippen LogP contribution in [0, 0.1) is 16.0 Å².